The number of esters is 1. The van der Waals surface area contributed by atoms with E-state index in [1.165, 1.54) is 10.6 Å². The molecule has 3 aliphatic heterocycles. The Labute approximate surface area is 328 Å². The number of nitrogens with zero attached hydrogens (tertiary/aromatic N) is 4. The minimum Gasteiger partial charge on any atom is -0.464 e. The molecule has 1 saturated carbocycles. The highest BCUT2D eigenvalue weighted by Gasteiger charge is 2.49. The van der Waals surface area contributed by atoms with Crippen molar-refractivity contribution < 1.29 is 23.9 Å². The van der Waals surface area contributed by atoms with E-state index in [0.29, 0.717) is 32.2 Å². The number of nitrogens with one attached hydrogen (secondary N) is 3. The summed E-state index contributed by atoms with van der Waals surface area (Å²) in [6, 6.07) is 9.26. The number of hydrogen-bond donors (Lipinski definition) is 3. The van der Waals surface area contributed by atoms with E-state index < -0.39 is 17.5 Å². The average Bonchev–Trinajstić information content (AvgIpc) is 3.45. The zero-order valence-electron chi connectivity index (χ0n) is 33.3. The zero-order valence-corrected chi connectivity index (χ0v) is 34.1. The zero-order chi connectivity index (χ0) is 39.0. The SMILES string of the molecule is CNCCCn1c(-c2cccnc2[C@H](C)OC)c2c3cc(ccc31)C1CSC(=N1)C[C@H](NC(=O)[C@H]1[C@H](C)[C@@H]1C)C(=O)N1CCC[C@H](N1)C(=O)OCC(C)(C)C2. The third-order valence-electron chi connectivity index (χ3n) is 12.0. The van der Waals surface area contributed by atoms with Gasteiger partial charge < -0.3 is 24.7 Å². The smallest absolute Gasteiger partial charge is 0.324 e. The van der Waals surface area contributed by atoms with E-state index in [0.717, 1.165) is 63.7 Å². The average molecular weight is 772 g/mol. The quantitative estimate of drug-likeness (QED) is 0.187. The van der Waals surface area contributed by atoms with E-state index in [-0.39, 0.29) is 54.3 Å². The van der Waals surface area contributed by atoms with Crippen LogP contribution >= 0.6 is 11.8 Å². The number of amides is 2. The summed E-state index contributed by atoms with van der Waals surface area (Å²) < 4.78 is 14.4. The lowest BCUT2D eigenvalue weighted by Crippen LogP contribution is -2.60. The molecular formula is C42H57N7O5S. The predicted molar refractivity (Wildman–Crippen MR) is 216 cm³/mol. The van der Waals surface area contributed by atoms with Gasteiger partial charge >= 0.3 is 5.97 Å². The molecule has 13 heteroatoms. The van der Waals surface area contributed by atoms with Crippen molar-refractivity contribution in [2.45, 2.75) is 97.5 Å². The molecule has 2 fully saturated rings. The molecule has 6 bridgehead atoms. The van der Waals surface area contributed by atoms with E-state index in [9.17, 15) is 14.4 Å². The van der Waals surface area contributed by atoms with Gasteiger partial charge in [-0.2, -0.15) is 0 Å². The third-order valence-corrected chi connectivity index (χ3v) is 13.1. The number of rotatable bonds is 9. The molecule has 7 atom stereocenters. The number of benzene rings is 1. The van der Waals surface area contributed by atoms with E-state index >= 15 is 0 Å². The van der Waals surface area contributed by atoms with Gasteiger partial charge in [0.2, 0.25) is 5.91 Å². The molecular weight excluding hydrogens is 715 g/mol. The number of hydrogen-bond acceptors (Lipinski definition) is 10. The Morgan fingerprint density at radius 3 is 2.75 bits per heavy atom. The number of pyridine rings is 1. The molecule has 5 heterocycles. The molecule has 1 aromatic carbocycles. The second-order valence-corrected chi connectivity index (χ2v) is 17.7. The van der Waals surface area contributed by atoms with Crippen LogP contribution in [0.4, 0.5) is 0 Å². The molecule has 3 aromatic rings. The summed E-state index contributed by atoms with van der Waals surface area (Å²) in [5.41, 5.74) is 9.15. The van der Waals surface area contributed by atoms with Gasteiger partial charge in [-0.05, 0) is 93.4 Å². The van der Waals surface area contributed by atoms with E-state index in [2.05, 4.69) is 72.6 Å². The number of aromatic nitrogens is 2. The first-order valence-corrected chi connectivity index (χ1v) is 20.9. The summed E-state index contributed by atoms with van der Waals surface area (Å²) in [7, 11) is 3.69. The maximum atomic E-state index is 14.2. The Morgan fingerprint density at radius 2 is 2.00 bits per heavy atom. The van der Waals surface area contributed by atoms with Crippen molar-refractivity contribution in [1.82, 2.24) is 30.6 Å². The lowest BCUT2D eigenvalue weighted by Gasteiger charge is -2.35. The number of methoxy groups -OCH3 is 1. The monoisotopic (exact) mass is 771 g/mol. The molecule has 3 N–H and O–H groups in total. The van der Waals surface area contributed by atoms with Crippen molar-refractivity contribution in [2.24, 2.45) is 28.2 Å². The van der Waals surface area contributed by atoms with Gasteiger partial charge in [-0.15, -0.1) is 11.8 Å². The molecule has 55 heavy (non-hydrogen) atoms. The second-order valence-electron chi connectivity index (χ2n) is 16.6. The Morgan fingerprint density at radius 1 is 1.20 bits per heavy atom. The fraction of sp³-hybridized carbons (Fsp3) is 0.595. The van der Waals surface area contributed by atoms with Gasteiger partial charge in [0.15, 0.2) is 0 Å². The fourth-order valence-corrected chi connectivity index (χ4v) is 9.63. The lowest BCUT2D eigenvalue weighted by atomic mass is 9.84. The van der Waals surface area contributed by atoms with Crippen molar-refractivity contribution in [1.29, 1.82) is 0 Å². The molecule has 4 aliphatic rings. The van der Waals surface area contributed by atoms with Crippen LogP contribution in [0.2, 0.25) is 0 Å². The summed E-state index contributed by atoms with van der Waals surface area (Å²) in [6.07, 6.45) is 4.65. The first-order chi connectivity index (χ1) is 26.4. The molecule has 12 nitrogen and oxygen atoms in total. The summed E-state index contributed by atoms with van der Waals surface area (Å²) in [4.78, 5) is 51.3. The minimum absolute atomic E-state index is 0.0967. The van der Waals surface area contributed by atoms with E-state index in [1.807, 2.05) is 26.2 Å². The van der Waals surface area contributed by atoms with Crippen LogP contribution in [0, 0.1) is 23.2 Å². The van der Waals surface area contributed by atoms with Crippen molar-refractivity contribution in [2.75, 3.05) is 39.6 Å². The van der Waals surface area contributed by atoms with Crippen molar-refractivity contribution in [3.8, 4) is 11.3 Å². The van der Waals surface area contributed by atoms with Crippen LogP contribution < -0.4 is 16.1 Å². The topological polar surface area (TPSA) is 139 Å². The number of hydrazine groups is 1. The lowest BCUT2D eigenvalue weighted by molar-refractivity contribution is -0.155. The van der Waals surface area contributed by atoms with Crippen LogP contribution in [0.5, 0.6) is 0 Å². The summed E-state index contributed by atoms with van der Waals surface area (Å²) in [6.45, 7) is 12.8. The fourth-order valence-electron chi connectivity index (χ4n) is 8.52. The molecule has 1 saturated heterocycles. The number of cyclic esters (lactones) is 1. The highest BCUT2D eigenvalue weighted by Crippen LogP contribution is 2.46. The molecule has 296 valence electrons. The number of thioether (sulfide) groups is 1. The first kappa shape index (κ1) is 39.5. The van der Waals surface area contributed by atoms with Crippen LogP contribution in [0.1, 0.15) is 89.3 Å². The Kier molecular flexibility index (Phi) is 11.7. The van der Waals surface area contributed by atoms with Crippen LogP contribution in [0.3, 0.4) is 0 Å². The maximum absolute atomic E-state index is 14.2. The highest BCUT2D eigenvalue weighted by atomic mass is 32.2. The number of carbonyl (C=O) groups excluding carboxylic acids is 3. The maximum Gasteiger partial charge on any atom is 0.324 e. The second kappa shape index (κ2) is 16.4. The summed E-state index contributed by atoms with van der Waals surface area (Å²) in [5.74, 6) is 0.459. The number of aliphatic imine (C=N–C) groups is 1. The Bertz CT molecular complexity index is 1950. The van der Waals surface area contributed by atoms with E-state index in [4.69, 9.17) is 19.5 Å². The van der Waals surface area contributed by atoms with Crippen molar-refractivity contribution in [3.63, 3.8) is 0 Å². The molecule has 2 amide bonds. The first-order valence-electron chi connectivity index (χ1n) is 19.9. The molecule has 0 spiro atoms. The molecule has 7 rings (SSSR count). The Balaban J connectivity index is 1.35. The van der Waals surface area contributed by atoms with Gasteiger partial charge in [0.05, 0.1) is 35.2 Å². The molecule has 2 aromatic heterocycles. The normalized spacial score (nSPS) is 27.3. The largest absolute Gasteiger partial charge is 0.464 e. The molecule has 0 radical (unpaired) electrons. The van der Waals surface area contributed by atoms with Gasteiger partial charge in [-0.3, -0.25) is 29.4 Å². The van der Waals surface area contributed by atoms with Gasteiger partial charge in [-0.25, -0.2) is 5.43 Å². The van der Waals surface area contributed by atoms with Gasteiger partial charge in [0.25, 0.3) is 5.91 Å². The number of fused-ring (bicyclic) bond motifs is 5. The number of aryl methyl sites for hydroxylation is 1. The minimum atomic E-state index is -0.802. The number of carbonyl (C=O) groups is 3. The van der Waals surface area contributed by atoms with E-state index in [1.54, 1.807) is 18.9 Å². The van der Waals surface area contributed by atoms with Gasteiger partial charge in [0.1, 0.15) is 12.1 Å². The Hall–Kier alpha value is -3.78. The van der Waals surface area contributed by atoms with Crippen molar-refractivity contribution >= 4 is 45.5 Å². The standard InChI is InChI=1S/C42H57N7O5S/c1-24-25(2)36(24)39(50)46-32-20-35-45-33(22-55-35)27-13-14-34-29(19-27)30(21-42(4,5)23-54-41(52)31-12-9-18-49(47-31)40(32)51)38(48(34)17-10-15-43-6)28-11-8-16-44-37(28)26(3)53-7/h8,11,13-14,16,19,24-26,31-33,36,43,47H,9-10,12,15,17-18,20-23H2,1-7H3,(H,46,50)/t24-,25+,26-,31-,32-,33?,36+/m0/s1. The predicted octanol–water partition coefficient (Wildman–Crippen LogP) is 5.60. The summed E-state index contributed by atoms with van der Waals surface area (Å²) >= 11 is 1.65. The van der Waals surface area contributed by atoms with Gasteiger partial charge in [0, 0.05) is 66.4 Å². The van der Waals surface area contributed by atoms with Crippen LogP contribution in [-0.2, 0) is 36.8 Å². The summed E-state index contributed by atoms with van der Waals surface area (Å²) in [5, 5.41) is 9.91. The third kappa shape index (κ3) is 8.22. The molecule has 1 unspecified atom stereocenters. The number of ether oxygens (including phenoxy) is 2. The highest BCUT2D eigenvalue weighted by molar-refractivity contribution is 8.14. The van der Waals surface area contributed by atoms with Gasteiger partial charge in [-0.1, -0.05) is 33.8 Å². The van der Waals surface area contributed by atoms with Crippen LogP contribution in [-0.4, -0.2) is 89.1 Å². The van der Waals surface area contributed by atoms with Crippen molar-refractivity contribution in [3.05, 3.63) is 53.3 Å². The molecule has 1 aliphatic carbocycles. The van der Waals surface area contributed by atoms with Crippen LogP contribution in [0.15, 0.2) is 41.5 Å². The van der Waals surface area contributed by atoms with Crippen LogP contribution in [0.25, 0.3) is 22.2 Å².